The number of hydrogen-bond donors (Lipinski definition) is 1. The predicted molar refractivity (Wildman–Crippen MR) is 69.7 cm³/mol. The summed E-state index contributed by atoms with van der Waals surface area (Å²) in [6, 6.07) is 5.27. The molecule has 0 saturated carbocycles. The molecule has 0 spiro atoms. The van der Waals surface area contributed by atoms with Gasteiger partial charge in [0, 0.05) is 30.2 Å². The van der Waals surface area contributed by atoms with Crippen LogP contribution in [0.1, 0.15) is 19.0 Å². The quantitative estimate of drug-likeness (QED) is 0.769. The number of sulfonamides is 1. The third-order valence-corrected chi connectivity index (χ3v) is 4.18. The smallest absolute Gasteiger partial charge is 0.212 e. The summed E-state index contributed by atoms with van der Waals surface area (Å²) in [6.45, 7) is 1.90. The Kier molecular flexibility index (Phi) is 5.88. The molecule has 1 N–H and O–H groups in total. The van der Waals surface area contributed by atoms with Crippen molar-refractivity contribution in [3.63, 3.8) is 0 Å². The van der Waals surface area contributed by atoms with E-state index in [1.807, 2.05) is 19.1 Å². The van der Waals surface area contributed by atoms with Crippen LogP contribution < -0.4 is 4.72 Å². The van der Waals surface area contributed by atoms with E-state index >= 15 is 0 Å². The Balaban J connectivity index is 2.50. The summed E-state index contributed by atoms with van der Waals surface area (Å²) in [5, 5.41) is 0. The Hall–Kier alpha value is -0.650. The van der Waals surface area contributed by atoms with Gasteiger partial charge in [-0.25, -0.2) is 13.1 Å². The van der Waals surface area contributed by atoms with Crippen molar-refractivity contribution in [1.82, 2.24) is 9.71 Å². The van der Waals surface area contributed by atoms with Gasteiger partial charge in [0.05, 0.1) is 5.75 Å². The maximum atomic E-state index is 11.7. The van der Waals surface area contributed by atoms with Gasteiger partial charge < -0.3 is 0 Å². The summed E-state index contributed by atoms with van der Waals surface area (Å²) < 4.78 is 26.0. The zero-order valence-electron chi connectivity index (χ0n) is 9.77. The van der Waals surface area contributed by atoms with E-state index in [4.69, 9.17) is 11.6 Å². The van der Waals surface area contributed by atoms with E-state index in [9.17, 15) is 8.42 Å². The minimum atomic E-state index is -3.28. The van der Waals surface area contributed by atoms with E-state index in [2.05, 4.69) is 9.71 Å². The van der Waals surface area contributed by atoms with Crippen molar-refractivity contribution >= 4 is 21.6 Å². The van der Waals surface area contributed by atoms with Gasteiger partial charge in [0.2, 0.25) is 10.0 Å². The second-order valence-corrected chi connectivity index (χ2v) is 5.95. The molecule has 0 fully saturated rings. The molecule has 0 saturated heterocycles. The van der Waals surface area contributed by atoms with E-state index in [-0.39, 0.29) is 11.8 Å². The fraction of sp³-hybridized carbons (Fsp3) is 0.545. The molecule has 6 heteroatoms. The Morgan fingerprint density at radius 3 is 2.76 bits per heavy atom. The molecule has 17 heavy (non-hydrogen) atoms. The Morgan fingerprint density at radius 2 is 2.24 bits per heavy atom. The molecule has 1 unspecified atom stereocenters. The summed E-state index contributed by atoms with van der Waals surface area (Å²) in [5.41, 5.74) is 0.775. The zero-order chi connectivity index (χ0) is 12.7. The van der Waals surface area contributed by atoms with Gasteiger partial charge in [0.25, 0.3) is 0 Å². The first-order valence-corrected chi connectivity index (χ1v) is 7.72. The normalized spacial score (nSPS) is 13.5. The highest BCUT2D eigenvalue weighted by atomic mass is 35.5. The van der Waals surface area contributed by atoms with Gasteiger partial charge in [-0.1, -0.05) is 13.0 Å². The second kappa shape index (κ2) is 6.93. The summed E-state index contributed by atoms with van der Waals surface area (Å²) in [7, 11) is -3.28. The molecule has 0 amide bonds. The number of alkyl halides is 1. The van der Waals surface area contributed by atoms with Gasteiger partial charge in [-0.05, 0) is 18.6 Å². The number of hydrogen-bond acceptors (Lipinski definition) is 3. The summed E-state index contributed by atoms with van der Waals surface area (Å²) >= 11 is 5.65. The van der Waals surface area contributed by atoms with Gasteiger partial charge >= 0.3 is 0 Å². The molecule has 96 valence electrons. The van der Waals surface area contributed by atoms with Crippen molar-refractivity contribution in [3.8, 4) is 0 Å². The van der Waals surface area contributed by atoms with Gasteiger partial charge in [0.1, 0.15) is 0 Å². The average molecular weight is 277 g/mol. The second-order valence-electron chi connectivity index (χ2n) is 3.77. The van der Waals surface area contributed by atoms with Crippen LogP contribution >= 0.6 is 11.6 Å². The van der Waals surface area contributed by atoms with E-state index in [0.29, 0.717) is 18.7 Å². The van der Waals surface area contributed by atoms with E-state index in [0.717, 1.165) is 5.69 Å². The maximum Gasteiger partial charge on any atom is 0.212 e. The fourth-order valence-electron chi connectivity index (χ4n) is 1.32. The number of halogens is 1. The molecule has 0 aliphatic heterocycles. The third-order valence-electron chi connectivity index (χ3n) is 2.38. The minimum absolute atomic E-state index is 0.0391. The molecule has 1 aromatic heterocycles. The first-order valence-electron chi connectivity index (χ1n) is 5.53. The monoisotopic (exact) mass is 276 g/mol. The van der Waals surface area contributed by atoms with Crippen LogP contribution in [0.25, 0.3) is 0 Å². The molecule has 0 aliphatic carbocycles. The van der Waals surface area contributed by atoms with Gasteiger partial charge in [-0.15, -0.1) is 11.6 Å². The minimum Gasteiger partial charge on any atom is -0.261 e. The molecule has 4 nitrogen and oxygen atoms in total. The molecule has 1 rings (SSSR count). The van der Waals surface area contributed by atoms with Crippen LogP contribution in [0.4, 0.5) is 0 Å². The van der Waals surface area contributed by atoms with Crippen LogP contribution in [-0.4, -0.2) is 31.1 Å². The highest BCUT2D eigenvalue weighted by Crippen LogP contribution is 2.01. The Bertz CT molecular complexity index is 418. The molecule has 0 radical (unpaired) electrons. The fourth-order valence-corrected chi connectivity index (χ4v) is 3.06. The van der Waals surface area contributed by atoms with E-state index in [1.165, 1.54) is 0 Å². The summed E-state index contributed by atoms with van der Waals surface area (Å²) in [6.07, 6.45) is 2.75. The van der Waals surface area contributed by atoms with E-state index < -0.39 is 10.0 Å². The molecular weight excluding hydrogens is 260 g/mol. The largest absolute Gasteiger partial charge is 0.261 e. The lowest BCUT2D eigenvalue weighted by molar-refractivity contribution is 0.556. The van der Waals surface area contributed by atoms with Crippen LogP contribution in [-0.2, 0) is 16.4 Å². The highest BCUT2D eigenvalue weighted by Gasteiger charge is 2.15. The SMILES string of the molecule is CCC(CCl)NS(=O)(=O)CCc1ccccn1. The topological polar surface area (TPSA) is 59.1 Å². The van der Waals surface area contributed by atoms with Crippen LogP contribution in [0.5, 0.6) is 0 Å². The number of nitrogens with zero attached hydrogens (tertiary/aromatic N) is 1. The number of aryl methyl sites for hydroxylation is 1. The Morgan fingerprint density at radius 1 is 1.47 bits per heavy atom. The predicted octanol–water partition coefficient (Wildman–Crippen LogP) is 1.56. The zero-order valence-corrected chi connectivity index (χ0v) is 11.3. The number of aromatic nitrogens is 1. The lowest BCUT2D eigenvalue weighted by atomic mass is 10.3. The van der Waals surface area contributed by atoms with Crippen molar-refractivity contribution in [1.29, 1.82) is 0 Å². The maximum absolute atomic E-state index is 11.7. The van der Waals surface area contributed by atoms with Crippen LogP contribution in [0.2, 0.25) is 0 Å². The summed E-state index contributed by atoms with van der Waals surface area (Å²) in [5.74, 6) is 0.330. The molecule has 1 atom stereocenters. The van der Waals surface area contributed by atoms with Crippen LogP contribution in [0.3, 0.4) is 0 Å². The highest BCUT2D eigenvalue weighted by molar-refractivity contribution is 7.89. The first-order chi connectivity index (χ1) is 8.07. The number of nitrogens with one attached hydrogen (secondary N) is 1. The van der Waals surface area contributed by atoms with Crippen molar-refractivity contribution in [3.05, 3.63) is 30.1 Å². The van der Waals surface area contributed by atoms with Crippen LogP contribution in [0.15, 0.2) is 24.4 Å². The molecule has 1 heterocycles. The van der Waals surface area contributed by atoms with Gasteiger partial charge in [-0.3, -0.25) is 4.98 Å². The molecule has 1 aromatic rings. The number of pyridine rings is 1. The molecule has 0 aliphatic rings. The average Bonchev–Trinajstić information content (AvgIpc) is 2.35. The van der Waals surface area contributed by atoms with Crippen molar-refractivity contribution in [2.45, 2.75) is 25.8 Å². The third kappa shape index (κ3) is 5.48. The van der Waals surface area contributed by atoms with Crippen molar-refractivity contribution in [2.75, 3.05) is 11.6 Å². The lowest BCUT2D eigenvalue weighted by Crippen LogP contribution is -2.37. The van der Waals surface area contributed by atoms with Gasteiger partial charge in [0.15, 0.2) is 0 Å². The molecule has 0 aromatic carbocycles. The van der Waals surface area contributed by atoms with Gasteiger partial charge in [-0.2, -0.15) is 0 Å². The van der Waals surface area contributed by atoms with Crippen molar-refractivity contribution < 1.29 is 8.42 Å². The summed E-state index contributed by atoms with van der Waals surface area (Å²) in [4.78, 5) is 4.08. The number of rotatable bonds is 7. The van der Waals surface area contributed by atoms with E-state index in [1.54, 1.807) is 12.3 Å². The first kappa shape index (κ1) is 14.4. The molecule has 0 bridgehead atoms. The van der Waals surface area contributed by atoms with Crippen LogP contribution in [0, 0.1) is 0 Å². The van der Waals surface area contributed by atoms with Crippen molar-refractivity contribution in [2.24, 2.45) is 0 Å². The lowest BCUT2D eigenvalue weighted by Gasteiger charge is -2.13. The molecular formula is C11H17ClN2O2S. The standard InChI is InChI=1S/C11H17ClN2O2S/c1-2-10(9-12)14-17(15,16)8-6-11-5-3-4-7-13-11/h3-5,7,10,14H,2,6,8-9H2,1H3. The Labute approximate surface area is 107 Å².